The number of halogens is 1. The summed E-state index contributed by atoms with van der Waals surface area (Å²) in [4.78, 5) is 1.14. The third-order valence-electron chi connectivity index (χ3n) is 2.20. The van der Waals surface area contributed by atoms with Gasteiger partial charge in [-0.1, -0.05) is 0 Å². The van der Waals surface area contributed by atoms with Crippen LogP contribution >= 0.6 is 27.3 Å². The quantitative estimate of drug-likeness (QED) is 0.765. The number of ether oxygens (including phenoxy) is 1. The minimum Gasteiger partial charge on any atom is -0.379 e. The van der Waals surface area contributed by atoms with E-state index in [0.29, 0.717) is 24.5 Å². The SMILES string of the molecule is Cc1sc(Br)cc1S(=O)(=O)NCCCOC(C)C. The molecule has 0 aliphatic rings. The van der Waals surface area contributed by atoms with Crippen molar-refractivity contribution in [2.24, 2.45) is 0 Å². The van der Waals surface area contributed by atoms with Crippen LogP contribution in [0.1, 0.15) is 25.1 Å². The van der Waals surface area contributed by atoms with Crippen molar-refractivity contribution >= 4 is 37.3 Å². The Labute approximate surface area is 121 Å². The van der Waals surface area contributed by atoms with Crippen LogP contribution < -0.4 is 4.72 Å². The molecule has 0 aromatic carbocycles. The molecule has 7 heteroatoms. The molecule has 1 aromatic heterocycles. The Morgan fingerprint density at radius 1 is 1.50 bits per heavy atom. The Morgan fingerprint density at radius 3 is 2.67 bits per heavy atom. The summed E-state index contributed by atoms with van der Waals surface area (Å²) in [5, 5.41) is 0. The van der Waals surface area contributed by atoms with Crippen molar-refractivity contribution in [2.75, 3.05) is 13.2 Å². The van der Waals surface area contributed by atoms with Crippen molar-refractivity contribution in [2.45, 2.75) is 38.2 Å². The normalized spacial score (nSPS) is 12.3. The fourth-order valence-electron chi connectivity index (χ4n) is 1.37. The van der Waals surface area contributed by atoms with Gasteiger partial charge in [-0.2, -0.15) is 0 Å². The third-order valence-corrected chi connectivity index (χ3v) is 5.47. The average molecular weight is 356 g/mol. The predicted octanol–water partition coefficient (Wildman–Crippen LogP) is 2.91. The topological polar surface area (TPSA) is 55.4 Å². The molecule has 0 aliphatic carbocycles. The monoisotopic (exact) mass is 355 g/mol. The molecule has 18 heavy (non-hydrogen) atoms. The Hall–Kier alpha value is 0.0500. The number of hydrogen-bond donors (Lipinski definition) is 1. The van der Waals surface area contributed by atoms with Crippen molar-refractivity contribution in [3.05, 3.63) is 14.7 Å². The van der Waals surface area contributed by atoms with Gasteiger partial charge in [-0.15, -0.1) is 11.3 Å². The van der Waals surface area contributed by atoms with Crippen LogP contribution in [0.25, 0.3) is 0 Å². The largest absolute Gasteiger partial charge is 0.379 e. The molecule has 1 rings (SSSR count). The number of hydrogen-bond acceptors (Lipinski definition) is 4. The van der Waals surface area contributed by atoms with Crippen LogP contribution in [0, 0.1) is 6.92 Å². The molecule has 0 atom stereocenters. The highest BCUT2D eigenvalue weighted by atomic mass is 79.9. The lowest BCUT2D eigenvalue weighted by molar-refractivity contribution is 0.0778. The lowest BCUT2D eigenvalue weighted by atomic mass is 10.4. The molecule has 1 heterocycles. The van der Waals surface area contributed by atoms with Crippen LogP contribution in [0.2, 0.25) is 0 Å². The van der Waals surface area contributed by atoms with Crippen LogP contribution in [0.5, 0.6) is 0 Å². The van der Waals surface area contributed by atoms with E-state index < -0.39 is 10.0 Å². The summed E-state index contributed by atoms with van der Waals surface area (Å²) in [5.41, 5.74) is 0. The molecule has 1 N–H and O–H groups in total. The summed E-state index contributed by atoms with van der Waals surface area (Å²) in [6, 6.07) is 1.63. The Balaban J connectivity index is 2.48. The van der Waals surface area contributed by atoms with Crippen molar-refractivity contribution in [3.63, 3.8) is 0 Å². The highest BCUT2D eigenvalue weighted by molar-refractivity contribution is 9.11. The van der Waals surface area contributed by atoms with Gasteiger partial charge in [0.15, 0.2) is 0 Å². The molecule has 0 aliphatic heterocycles. The predicted molar refractivity (Wildman–Crippen MR) is 77.6 cm³/mol. The van der Waals surface area contributed by atoms with E-state index in [1.54, 1.807) is 13.0 Å². The molecule has 0 unspecified atom stereocenters. The van der Waals surface area contributed by atoms with Gasteiger partial charge in [0.25, 0.3) is 0 Å². The van der Waals surface area contributed by atoms with E-state index in [1.807, 2.05) is 13.8 Å². The minimum atomic E-state index is -3.40. The van der Waals surface area contributed by atoms with Gasteiger partial charge < -0.3 is 4.74 Å². The fourth-order valence-corrected chi connectivity index (χ4v) is 4.86. The fraction of sp³-hybridized carbons (Fsp3) is 0.636. The third kappa shape index (κ3) is 4.97. The molecular weight excluding hydrogens is 338 g/mol. The number of thiophene rings is 1. The van der Waals surface area contributed by atoms with Gasteiger partial charge in [0.05, 0.1) is 14.8 Å². The molecule has 0 fully saturated rings. The molecule has 0 amide bonds. The second-order valence-corrected chi connectivity index (χ2v) is 8.51. The Kier molecular flexibility index (Phi) is 6.26. The molecule has 4 nitrogen and oxygen atoms in total. The maximum Gasteiger partial charge on any atom is 0.241 e. The van der Waals surface area contributed by atoms with Gasteiger partial charge in [-0.3, -0.25) is 0 Å². The summed E-state index contributed by atoms with van der Waals surface area (Å²) in [7, 11) is -3.40. The number of rotatable bonds is 7. The first-order chi connectivity index (χ1) is 8.33. The summed E-state index contributed by atoms with van der Waals surface area (Å²) in [6.07, 6.45) is 0.846. The van der Waals surface area contributed by atoms with Crippen molar-refractivity contribution in [3.8, 4) is 0 Å². The van der Waals surface area contributed by atoms with E-state index in [4.69, 9.17) is 4.74 Å². The molecule has 1 aromatic rings. The van der Waals surface area contributed by atoms with Gasteiger partial charge in [-0.25, -0.2) is 13.1 Å². The highest BCUT2D eigenvalue weighted by Crippen LogP contribution is 2.29. The second-order valence-electron chi connectivity index (χ2n) is 4.14. The van der Waals surface area contributed by atoms with Crippen molar-refractivity contribution < 1.29 is 13.2 Å². The van der Waals surface area contributed by atoms with Gasteiger partial charge in [0.2, 0.25) is 10.0 Å². The van der Waals surface area contributed by atoms with E-state index in [-0.39, 0.29) is 6.10 Å². The average Bonchev–Trinajstić information content (AvgIpc) is 2.57. The standard InChI is InChI=1S/C11H18BrNO3S2/c1-8(2)16-6-4-5-13-18(14,15)10-7-11(12)17-9(10)3/h7-8,13H,4-6H2,1-3H3. The van der Waals surface area contributed by atoms with E-state index >= 15 is 0 Å². The molecule has 0 saturated heterocycles. The Morgan fingerprint density at radius 2 is 2.17 bits per heavy atom. The second kappa shape index (κ2) is 7.00. The van der Waals surface area contributed by atoms with Crippen LogP contribution in [0.15, 0.2) is 14.7 Å². The maximum atomic E-state index is 12.0. The molecule has 0 saturated carbocycles. The zero-order valence-corrected chi connectivity index (χ0v) is 13.9. The molecule has 0 radical (unpaired) electrons. The summed E-state index contributed by atoms with van der Waals surface area (Å²) in [6.45, 7) is 6.66. The first-order valence-corrected chi connectivity index (χ1v) is 8.79. The van der Waals surface area contributed by atoms with Crippen molar-refractivity contribution in [1.29, 1.82) is 0 Å². The van der Waals surface area contributed by atoms with Crippen LogP contribution in [-0.4, -0.2) is 27.7 Å². The lowest BCUT2D eigenvalue weighted by Crippen LogP contribution is -2.26. The maximum absolute atomic E-state index is 12.0. The van der Waals surface area contributed by atoms with E-state index in [1.165, 1.54) is 11.3 Å². The zero-order chi connectivity index (χ0) is 13.8. The summed E-state index contributed by atoms with van der Waals surface area (Å²) in [5.74, 6) is 0. The van der Waals surface area contributed by atoms with Gasteiger partial charge in [0.1, 0.15) is 0 Å². The number of aryl methyl sites for hydroxylation is 1. The first kappa shape index (κ1) is 16.1. The van der Waals surface area contributed by atoms with E-state index in [9.17, 15) is 8.42 Å². The van der Waals surface area contributed by atoms with Crippen molar-refractivity contribution in [1.82, 2.24) is 4.72 Å². The highest BCUT2D eigenvalue weighted by Gasteiger charge is 2.18. The number of nitrogens with one attached hydrogen (secondary N) is 1. The molecular formula is C11H18BrNO3S2. The molecule has 104 valence electrons. The van der Waals surface area contributed by atoms with Gasteiger partial charge in [-0.05, 0) is 49.2 Å². The summed E-state index contributed by atoms with van der Waals surface area (Å²) < 4.78 is 32.7. The van der Waals surface area contributed by atoms with Crippen LogP contribution in [-0.2, 0) is 14.8 Å². The first-order valence-electron chi connectivity index (χ1n) is 5.70. The Bertz CT molecular complexity index is 482. The lowest BCUT2D eigenvalue weighted by Gasteiger charge is -2.08. The van der Waals surface area contributed by atoms with E-state index in [0.717, 1.165) is 8.66 Å². The minimum absolute atomic E-state index is 0.177. The van der Waals surface area contributed by atoms with Gasteiger partial charge >= 0.3 is 0 Å². The smallest absolute Gasteiger partial charge is 0.241 e. The zero-order valence-electron chi connectivity index (χ0n) is 10.7. The molecule has 0 spiro atoms. The van der Waals surface area contributed by atoms with Crippen LogP contribution in [0.4, 0.5) is 0 Å². The van der Waals surface area contributed by atoms with E-state index in [2.05, 4.69) is 20.7 Å². The number of sulfonamides is 1. The molecule has 0 bridgehead atoms. The van der Waals surface area contributed by atoms with Gasteiger partial charge in [0, 0.05) is 18.0 Å². The van der Waals surface area contributed by atoms with Crippen LogP contribution in [0.3, 0.4) is 0 Å². The summed E-state index contributed by atoms with van der Waals surface area (Å²) >= 11 is 4.71.